The van der Waals surface area contributed by atoms with E-state index in [0.717, 1.165) is 36.4 Å². The number of hydrogen-bond acceptors (Lipinski definition) is 7. The van der Waals surface area contributed by atoms with Crippen molar-refractivity contribution in [2.45, 2.75) is 51.8 Å². The minimum absolute atomic E-state index is 0.209. The number of aryl methyl sites for hydroxylation is 2. The molecule has 0 saturated heterocycles. The van der Waals surface area contributed by atoms with Crippen LogP contribution in [-0.2, 0) is 25.9 Å². The fourth-order valence-corrected chi connectivity index (χ4v) is 4.03. The lowest BCUT2D eigenvalue weighted by atomic mass is 9.95. The van der Waals surface area contributed by atoms with Gasteiger partial charge in [-0.15, -0.1) is 5.10 Å². The molecule has 5 rings (SSSR count). The lowest BCUT2D eigenvalue weighted by Crippen LogP contribution is -2.33. The van der Waals surface area contributed by atoms with Gasteiger partial charge in [-0.1, -0.05) is 17.3 Å². The summed E-state index contributed by atoms with van der Waals surface area (Å²) in [7, 11) is 0. The molecule has 0 saturated carbocycles. The first-order chi connectivity index (χ1) is 15.2. The Morgan fingerprint density at radius 1 is 1.19 bits per heavy atom. The summed E-state index contributed by atoms with van der Waals surface area (Å²) in [4.78, 5) is 21.7. The van der Waals surface area contributed by atoms with Crippen LogP contribution in [0.2, 0.25) is 0 Å². The fourth-order valence-electron chi connectivity index (χ4n) is 4.03. The van der Waals surface area contributed by atoms with Crippen molar-refractivity contribution in [2.24, 2.45) is 0 Å². The summed E-state index contributed by atoms with van der Waals surface area (Å²) < 4.78 is 13.3. The minimum Gasteiger partial charge on any atom is -0.486 e. The highest BCUT2D eigenvalue weighted by Crippen LogP contribution is 2.31. The van der Waals surface area contributed by atoms with Crippen LogP contribution in [0, 0.1) is 6.92 Å². The average Bonchev–Trinajstić information content (AvgIpc) is 3.26. The van der Waals surface area contributed by atoms with Crippen molar-refractivity contribution < 1.29 is 14.3 Å². The second-order valence-corrected chi connectivity index (χ2v) is 7.86. The number of nitrogens with one attached hydrogen (secondary N) is 1. The Morgan fingerprint density at radius 2 is 2.03 bits per heavy atom. The average molecular weight is 420 g/mol. The number of hydrogen-bond donors (Lipinski definition) is 1. The molecule has 1 aliphatic carbocycles. The van der Waals surface area contributed by atoms with Gasteiger partial charge in [0.2, 0.25) is 0 Å². The summed E-state index contributed by atoms with van der Waals surface area (Å²) in [5.41, 5.74) is 3.63. The molecule has 31 heavy (non-hydrogen) atoms. The van der Waals surface area contributed by atoms with Crippen LogP contribution >= 0.6 is 0 Å². The van der Waals surface area contributed by atoms with Gasteiger partial charge in [0.05, 0.1) is 19.3 Å². The van der Waals surface area contributed by atoms with Crippen molar-refractivity contribution in [3.05, 3.63) is 58.9 Å². The van der Waals surface area contributed by atoms with Crippen molar-refractivity contribution in [1.29, 1.82) is 0 Å². The van der Waals surface area contributed by atoms with Crippen LogP contribution in [0.5, 0.6) is 11.5 Å². The van der Waals surface area contributed by atoms with E-state index in [1.165, 1.54) is 12.0 Å². The summed E-state index contributed by atoms with van der Waals surface area (Å²) in [5.74, 6) is 1.76. The topological polar surface area (TPSA) is 104 Å². The van der Waals surface area contributed by atoms with Gasteiger partial charge in [0.15, 0.2) is 23.3 Å². The molecule has 160 valence electrons. The molecular weight excluding hydrogens is 396 g/mol. The van der Waals surface area contributed by atoms with E-state index >= 15 is 0 Å². The molecule has 9 nitrogen and oxygen atoms in total. The maximum absolute atomic E-state index is 12.5. The molecule has 1 atom stereocenters. The van der Waals surface area contributed by atoms with Crippen LogP contribution in [0.25, 0.3) is 0 Å². The monoisotopic (exact) mass is 420 g/mol. The minimum atomic E-state index is -0.309. The molecule has 0 bridgehead atoms. The number of amides is 1. The van der Waals surface area contributed by atoms with Crippen molar-refractivity contribution >= 4 is 5.91 Å². The van der Waals surface area contributed by atoms with Crippen LogP contribution in [0.1, 0.15) is 46.1 Å². The molecule has 0 fully saturated rings. The van der Waals surface area contributed by atoms with Crippen LogP contribution < -0.4 is 14.8 Å². The molecule has 0 radical (unpaired) electrons. The Morgan fingerprint density at radius 3 is 2.94 bits per heavy atom. The molecule has 3 heterocycles. The van der Waals surface area contributed by atoms with Crippen molar-refractivity contribution in [3.63, 3.8) is 0 Å². The largest absolute Gasteiger partial charge is 0.486 e. The third-order valence-corrected chi connectivity index (χ3v) is 5.57. The number of para-hydroxylation sites is 2. The first-order valence-corrected chi connectivity index (χ1v) is 10.6. The maximum atomic E-state index is 12.5. The number of benzene rings is 1. The Hall–Kier alpha value is -3.49. The fraction of sp³-hybridized carbons (Fsp3) is 0.409. The molecule has 1 N–H and O–H groups in total. The molecule has 2 aromatic heterocycles. The zero-order valence-electron chi connectivity index (χ0n) is 17.4. The number of aromatic nitrogens is 5. The third kappa shape index (κ3) is 4.21. The van der Waals surface area contributed by atoms with Gasteiger partial charge in [-0.25, -0.2) is 14.6 Å². The number of rotatable bonds is 5. The van der Waals surface area contributed by atoms with E-state index in [2.05, 4.69) is 25.6 Å². The highest BCUT2D eigenvalue weighted by molar-refractivity contribution is 5.91. The predicted molar refractivity (Wildman–Crippen MR) is 111 cm³/mol. The number of ether oxygens (including phenoxy) is 2. The van der Waals surface area contributed by atoms with E-state index in [1.807, 2.05) is 31.2 Å². The van der Waals surface area contributed by atoms with Crippen LogP contribution in [0.15, 0.2) is 30.5 Å². The Bertz CT molecular complexity index is 1110. The first kappa shape index (κ1) is 19.5. The summed E-state index contributed by atoms with van der Waals surface area (Å²) in [6.07, 6.45) is 5.76. The third-order valence-electron chi connectivity index (χ3n) is 5.57. The van der Waals surface area contributed by atoms with Gasteiger partial charge in [-0.3, -0.25) is 4.79 Å². The predicted octanol–water partition coefficient (Wildman–Crippen LogP) is 2.03. The van der Waals surface area contributed by atoms with Gasteiger partial charge in [-0.05, 0) is 50.3 Å². The lowest BCUT2D eigenvalue weighted by molar-refractivity contribution is 0.0754. The van der Waals surface area contributed by atoms with Crippen LogP contribution in [-0.4, -0.2) is 43.6 Å². The highest BCUT2D eigenvalue weighted by atomic mass is 16.6. The molecule has 0 unspecified atom stereocenters. The second kappa shape index (κ2) is 8.33. The van der Waals surface area contributed by atoms with Crippen LogP contribution in [0.4, 0.5) is 0 Å². The van der Waals surface area contributed by atoms with Gasteiger partial charge < -0.3 is 14.8 Å². The van der Waals surface area contributed by atoms with E-state index in [9.17, 15) is 4.79 Å². The normalized spacial score (nSPS) is 17.1. The number of carbonyl (C=O) groups excluding carboxylic acids is 1. The number of fused-ring (bicyclic) bond motifs is 2. The van der Waals surface area contributed by atoms with Crippen molar-refractivity contribution in [2.75, 3.05) is 6.61 Å². The molecule has 3 aromatic rings. The quantitative estimate of drug-likeness (QED) is 0.673. The summed E-state index contributed by atoms with van der Waals surface area (Å²) >= 11 is 0. The zero-order valence-corrected chi connectivity index (χ0v) is 17.4. The summed E-state index contributed by atoms with van der Waals surface area (Å²) in [5, 5.41) is 10.9. The van der Waals surface area contributed by atoms with Gasteiger partial charge in [-0.2, -0.15) is 0 Å². The maximum Gasteiger partial charge on any atom is 0.273 e. The molecule has 1 aromatic carbocycles. The Labute approximate surface area is 179 Å². The van der Waals surface area contributed by atoms with Crippen molar-refractivity contribution in [1.82, 2.24) is 30.3 Å². The zero-order chi connectivity index (χ0) is 21.2. The lowest BCUT2D eigenvalue weighted by Gasteiger charge is -2.26. The van der Waals surface area contributed by atoms with Crippen molar-refractivity contribution in [3.8, 4) is 11.5 Å². The molecule has 0 spiro atoms. The number of nitrogens with zero attached hydrogens (tertiary/aromatic N) is 5. The SMILES string of the molecule is Cc1nc(CNC(=O)c2cn(C[C@@H]3COc4ccccc4O3)nn2)nc2c1CCCC2. The molecule has 2 aliphatic rings. The van der Waals surface area contributed by atoms with E-state index in [4.69, 9.17) is 9.47 Å². The molecule has 1 amide bonds. The van der Waals surface area contributed by atoms with E-state index in [0.29, 0.717) is 24.7 Å². The van der Waals surface area contributed by atoms with Gasteiger partial charge >= 0.3 is 0 Å². The van der Waals surface area contributed by atoms with E-state index in [-0.39, 0.29) is 24.2 Å². The second-order valence-electron chi connectivity index (χ2n) is 7.86. The summed E-state index contributed by atoms with van der Waals surface area (Å²) in [6, 6.07) is 7.54. The molecular formula is C22H24N6O3. The van der Waals surface area contributed by atoms with Crippen LogP contribution in [0.3, 0.4) is 0 Å². The van der Waals surface area contributed by atoms with E-state index in [1.54, 1.807) is 10.9 Å². The van der Waals surface area contributed by atoms with Gasteiger partial charge in [0.25, 0.3) is 5.91 Å². The smallest absolute Gasteiger partial charge is 0.273 e. The first-order valence-electron chi connectivity index (χ1n) is 10.6. The van der Waals surface area contributed by atoms with Gasteiger partial charge in [0.1, 0.15) is 12.4 Å². The number of carbonyl (C=O) groups is 1. The standard InChI is InChI=1S/C22H24N6O3/c1-14-16-6-2-3-7-17(16)25-21(24-14)10-23-22(29)18-12-28(27-26-18)11-15-13-30-19-8-4-5-9-20(19)31-15/h4-5,8-9,12,15H,2-3,6-7,10-11,13H2,1H3,(H,23,29)/t15-/m1/s1. The summed E-state index contributed by atoms with van der Waals surface area (Å²) in [6.45, 7) is 3.11. The highest BCUT2D eigenvalue weighted by Gasteiger charge is 2.22. The Balaban J connectivity index is 1.19. The molecule has 1 aliphatic heterocycles. The molecule has 9 heteroatoms. The Kier molecular flexibility index (Phi) is 5.23. The van der Waals surface area contributed by atoms with Gasteiger partial charge in [0, 0.05) is 11.4 Å². The van der Waals surface area contributed by atoms with E-state index < -0.39 is 0 Å².